The van der Waals surface area contributed by atoms with Crippen LogP contribution < -0.4 is 0 Å². The molecular weight excluding hydrogens is 364 g/mol. The van der Waals surface area contributed by atoms with Crippen molar-refractivity contribution in [2.45, 2.75) is 64.2 Å². The van der Waals surface area contributed by atoms with E-state index < -0.39 is 0 Å². The molecule has 2 aromatic heterocycles. The van der Waals surface area contributed by atoms with Crippen LogP contribution in [0.4, 0.5) is 0 Å². The summed E-state index contributed by atoms with van der Waals surface area (Å²) in [6, 6.07) is 21.4. The van der Waals surface area contributed by atoms with Gasteiger partial charge in [0, 0.05) is 23.2 Å². The van der Waals surface area contributed by atoms with Gasteiger partial charge >= 0.3 is 0 Å². The lowest BCUT2D eigenvalue weighted by Gasteiger charge is -2.07. The summed E-state index contributed by atoms with van der Waals surface area (Å²) >= 11 is 0. The van der Waals surface area contributed by atoms with Gasteiger partial charge in [0.15, 0.2) is 0 Å². The van der Waals surface area contributed by atoms with Gasteiger partial charge in [-0.15, -0.1) is 0 Å². The molecule has 0 saturated carbocycles. The number of aromatic nitrogens is 2. The quantitative estimate of drug-likeness (QED) is 0.243. The first kappa shape index (κ1) is 20.5. The third-order valence-corrected chi connectivity index (χ3v) is 6.12. The van der Waals surface area contributed by atoms with Gasteiger partial charge in [0.05, 0.1) is 11.0 Å². The molecule has 2 heterocycles. The molecule has 4 aromatic rings. The van der Waals surface area contributed by atoms with Crippen LogP contribution in [0.15, 0.2) is 73.1 Å². The fraction of sp³-hybridized carbons (Fsp3) is 0.357. The first-order valence-corrected chi connectivity index (χ1v) is 11.6. The Morgan fingerprint density at radius 1 is 0.433 bits per heavy atom. The van der Waals surface area contributed by atoms with E-state index in [2.05, 4.69) is 70.6 Å². The van der Waals surface area contributed by atoms with Crippen molar-refractivity contribution in [3.05, 3.63) is 84.2 Å². The number of fused-ring (bicyclic) bond motifs is 2. The number of rotatable bonds is 11. The van der Waals surface area contributed by atoms with Crippen LogP contribution in [0.1, 0.15) is 62.5 Å². The van der Waals surface area contributed by atoms with Gasteiger partial charge in [0.25, 0.3) is 0 Å². The molecule has 0 saturated heterocycles. The fourth-order valence-electron chi connectivity index (χ4n) is 4.44. The van der Waals surface area contributed by atoms with E-state index in [1.165, 1.54) is 86.1 Å². The van der Waals surface area contributed by atoms with Crippen LogP contribution in [-0.4, -0.2) is 9.97 Å². The monoisotopic (exact) mass is 396 g/mol. The van der Waals surface area contributed by atoms with Crippen LogP contribution >= 0.6 is 0 Å². The highest BCUT2D eigenvalue weighted by molar-refractivity contribution is 5.82. The Bertz CT molecular complexity index is 972. The lowest BCUT2D eigenvalue weighted by Crippen LogP contribution is -1.91. The van der Waals surface area contributed by atoms with Crippen molar-refractivity contribution in [3.8, 4) is 0 Å². The molecule has 0 spiro atoms. The second kappa shape index (κ2) is 10.9. The Hall–Kier alpha value is -2.74. The Balaban J connectivity index is 1.08. The summed E-state index contributed by atoms with van der Waals surface area (Å²) in [5, 5.41) is 2.64. The normalized spacial score (nSPS) is 11.3. The molecule has 4 rings (SSSR count). The van der Waals surface area contributed by atoms with Gasteiger partial charge in [-0.3, -0.25) is 9.97 Å². The highest BCUT2D eigenvalue weighted by Crippen LogP contribution is 2.20. The highest BCUT2D eigenvalue weighted by Gasteiger charge is 2.02. The Labute approximate surface area is 180 Å². The average molecular weight is 397 g/mol. The predicted octanol–water partition coefficient (Wildman–Crippen LogP) is 7.69. The first-order chi connectivity index (χ1) is 14.9. The molecule has 0 aliphatic rings. The lowest BCUT2D eigenvalue weighted by molar-refractivity contribution is 0.568. The minimum atomic E-state index is 1.12. The van der Waals surface area contributed by atoms with Gasteiger partial charge < -0.3 is 0 Å². The van der Waals surface area contributed by atoms with E-state index >= 15 is 0 Å². The highest BCUT2D eigenvalue weighted by atomic mass is 14.6. The van der Waals surface area contributed by atoms with Gasteiger partial charge in [-0.1, -0.05) is 74.9 Å². The maximum atomic E-state index is 4.47. The van der Waals surface area contributed by atoms with E-state index in [1.807, 2.05) is 12.4 Å². The van der Waals surface area contributed by atoms with Crippen molar-refractivity contribution in [2.24, 2.45) is 0 Å². The van der Waals surface area contributed by atoms with Crippen LogP contribution in [0.25, 0.3) is 21.8 Å². The van der Waals surface area contributed by atoms with Crippen molar-refractivity contribution in [2.75, 3.05) is 0 Å². The summed E-state index contributed by atoms with van der Waals surface area (Å²) in [7, 11) is 0. The zero-order chi connectivity index (χ0) is 20.4. The first-order valence-electron chi connectivity index (χ1n) is 11.6. The van der Waals surface area contributed by atoms with Crippen LogP contribution in [-0.2, 0) is 12.8 Å². The second-order valence-corrected chi connectivity index (χ2v) is 8.30. The Morgan fingerprint density at radius 2 is 0.833 bits per heavy atom. The molecule has 0 aliphatic heterocycles. The number of hydrogen-bond acceptors (Lipinski definition) is 2. The van der Waals surface area contributed by atoms with Gasteiger partial charge in [-0.2, -0.15) is 0 Å². The maximum Gasteiger partial charge on any atom is 0.0704 e. The molecule has 0 atom stereocenters. The molecule has 2 nitrogen and oxygen atoms in total. The van der Waals surface area contributed by atoms with E-state index in [1.54, 1.807) is 0 Å². The summed E-state index contributed by atoms with van der Waals surface area (Å²) in [5.41, 5.74) is 5.14. The molecule has 30 heavy (non-hydrogen) atoms. The molecule has 0 unspecified atom stereocenters. The second-order valence-electron chi connectivity index (χ2n) is 8.30. The standard InChI is InChI=1S/C28H32N2/c1(3-5-7-13-23-19-21-29-27-17-11-9-15-25(23)27)2-4-6-8-14-24-20-22-30-28-18-12-10-16-26(24)28/h9-12,15-22H,1-8,13-14H2. The number of hydrogen-bond donors (Lipinski definition) is 0. The molecule has 154 valence electrons. The van der Waals surface area contributed by atoms with Crippen LogP contribution in [0, 0.1) is 0 Å². The topological polar surface area (TPSA) is 25.8 Å². The van der Waals surface area contributed by atoms with Gasteiger partial charge in [-0.25, -0.2) is 0 Å². The number of pyridine rings is 2. The Morgan fingerprint density at radius 3 is 1.30 bits per heavy atom. The maximum absolute atomic E-state index is 4.47. The number of nitrogens with zero attached hydrogens (tertiary/aromatic N) is 2. The van der Waals surface area contributed by atoms with Crippen LogP contribution in [0.5, 0.6) is 0 Å². The van der Waals surface area contributed by atoms with Gasteiger partial charge in [0.2, 0.25) is 0 Å². The van der Waals surface area contributed by atoms with E-state index in [0.29, 0.717) is 0 Å². The molecule has 0 radical (unpaired) electrons. The van der Waals surface area contributed by atoms with Crippen molar-refractivity contribution in [1.82, 2.24) is 9.97 Å². The summed E-state index contributed by atoms with van der Waals surface area (Å²) in [4.78, 5) is 8.93. The number of benzene rings is 2. The lowest BCUT2D eigenvalue weighted by atomic mass is 10.0. The molecule has 0 N–H and O–H groups in total. The van der Waals surface area contributed by atoms with Gasteiger partial charge in [0.1, 0.15) is 0 Å². The predicted molar refractivity (Wildman–Crippen MR) is 128 cm³/mol. The summed E-state index contributed by atoms with van der Waals surface area (Å²) in [5.74, 6) is 0. The van der Waals surface area contributed by atoms with E-state index in [-0.39, 0.29) is 0 Å². The SMILES string of the molecule is c1ccc2c(CCCCCCCCCCc3ccnc4ccccc34)ccnc2c1. The average Bonchev–Trinajstić information content (AvgIpc) is 2.80. The fourth-order valence-corrected chi connectivity index (χ4v) is 4.44. The summed E-state index contributed by atoms with van der Waals surface area (Å²) < 4.78 is 0. The van der Waals surface area contributed by atoms with E-state index in [9.17, 15) is 0 Å². The Kier molecular flexibility index (Phi) is 7.44. The molecule has 0 aliphatic carbocycles. The summed E-state index contributed by atoms with van der Waals surface area (Å²) in [6.07, 6.45) is 16.9. The van der Waals surface area contributed by atoms with Crippen molar-refractivity contribution < 1.29 is 0 Å². The van der Waals surface area contributed by atoms with E-state index in [0.717, 1.165) is 11.0 Å². The molecule has 2 heteroatoms. The number of aryl methyl sites for hydroxylation is 2. The van der Waals surface area contributed by atoms with Crippen molar-refractivity contribution in [3.63, 3.8) is 0 Å². The van der Waals surface area contributed by atoms with Gasteiger partial charge in [-0.05, 0) is 61.1 Å². The molecule has 2 aromatic carbocycles. The third kappa shape index (κ3) is 5.44. The van der Waals surface area contributed by atoms with E-state index in [4.69, 9.17) is 0 Å². The molecule has 0 bridgehead atoms. The van der Waals surface area contributed by atoms with Crippen LogP contribution in [0.2, 0.25) is 0 Å². The number of para-hydroxylation sites is 2. The zero-order valence-corrected chi connectivity index (χ0v) is 17.9. The third-order valence-electron chi connectivity index (χ3n) is 6.12. The molecular formula is C28H32N2. The van der Waals surface area contributed by atoms with Crippen LogP contribution in [0.3, 0.4) is 0 Å². The molecule has 0 amide bonds. The largest absolute Gasteiger partial charge is 0.256 e. The minimum absolute atomic E-state index is 1.12. The molecule has 0 fully saturated rings. The van der Waals surface area contributed by atoms with Crippen molar-refractivity contribution >= 4 is 21.8 Å². The smallest absolute Gasteiger partial charge is 0.0704 e. The minimum Gasteiger partial charge on any atom is -0.256 e. The summed E-state index contributed by atoms with van der Waals surface area (Å²) in [6.45, 7) is 0. The zero-order valence-electron chi connectivity index (χ0n) is 17.9. The van der Waals surface area contributed by atoms with Crippen molar-refractivity contribution in [1.29, 1.82) is 0 Å². The number of unbranched alkanes of at least 4 members (excludes halogenated alkanes) is 7.